The average Bonchev–Trinajstić information content (AvgIpc) is 2.83. The van der Waals surface area contributed by atoms with Crippen molar-refractivity contribution in [2.24, 2.45) is 0 Å². The summed E-state index contributed by atoms with van der Waals surface area (Å²) in [4.78, 5) is 14.2. The van der Waals surface area contributed by atoms with Crippen LogP contribution in [0.1, 0.15) is 11.6 Å². The maximum absolute atomic E-state index is 12.0. The Morgan fingerprint density at radius 3 is 2.61 bits per heavy atom. The lowest BCUT2D eigenvalue weighted by Gasteiger charge is -2.33. The molecule has 2 aliphatic rings. The molecule has 0 bridgehead atoms. The van der Waals surface area contributed by atoms with Gasteiger partial charge in [-0.25, -0.2) is 5.43 Å². The van der Waals surface area contributed by atoms with E-state index in [1.54, 1.807) is 0 Å². The number of nitrogens with zero attached hydrogens (tertiary/aromatic N) is 1. The number of carbonyl (C=O) groups excluding carboxylic acids is 1. The minimum Gasteiger partial charge on any atom is -0.379 e. The van der Waals surface area contributed by atoms with Crippen LogP contribution in [0.5, 0.6) is 0 Å². The van der Waals surface area contributed by atoms with Crippen molar-refractivity contribution in [1.82, 2.24) is 15.8 Å². The second-order valence-corrected chi connectivity index (χ2v) is 4.62. The first-order valence-corrected chi connectivity index (χ1v) is 6.28. The minimum absolute atomic E-state index is 0.0109. The van der Waals surface area contributed by atoms with Gasteiger partial charge in [0.2, 0.25) is 0 Å². The van der Waals surface area contributed by atoms with Crippen molar-refractivity contribution in [3.63, 3.8) is 0 Å². The fraction of sp³-hybridized carbons (Fsp3) is 0.462. The topological polar surface area (TPSA) is 53.6 Å². The molecule has 0 radical (unpaired) electrons. The highest BCUT2D eigenvalue weighted by Crippen LogP contribution is 2.24. The summed E-state index contributed by atoms with van der Waals surface area (Å²) in [5.41, 5.74) is 6.96. The van der Waals surface area contributed by atoms with Crippen LogP contribution in [0.25, 0.3) is 0 Å². The Morgan fingerprint density at radius 2 is 1.89 bits per heavy atom. The molecule has 0 aliphatic carbocycles. The van der Waals surface area contributed by atoms with Gasteiger partial charge in [-0.3, -0.25) is 15.1 Å². The Balaban J connectivity index is 1.83. The molecule has 0 aromatic heterocycles. The summed E-state index contributed by atoms with van der Waals surface area (Å²) >= 11 is 0. The van der Waals surface area contributed by atoms with Crippen LogP contribution in [0.3, 0.4) is 0 Å². The molecule has 2 atom stereocenters. The molecule has 5 heteroatoms. The maximum Gasteiger partial charge on any atom is 0.253 e. The summed E-state index contributed by atoms with van der Waals surface area (Å²) in [5.74, 6) is 0.0470. The van der Waals surface area contributed by atoms with E-state index >= 15 is 0 Å². The molecule has 2 heterocycles. The highest BCUT2D eigenvalue weighted by molar-refractivity contribution is 5.84. The van der Waals surface area contributed by atoms with E-state index in [0.717, 1.165) is 18.7 Å². The van der Waals surface area contributed by atoms with E-state index < -0.39 is 0 Å². The van der Waals surface area contributed by atoms with E-state index in [0.29, 0.717) is 13.2 Å². The van der Waals surface area contributed by atoms with E-state index in [2.05, 4.69) is 15.8 Å². The number of carbonyl (C=O) groups is 1. The van der Waals surface area contributed by atoms with Gasteiger partial charge < -0.3 is 4.74 Å². The molecule has 2 N–H and O–H groups in total. The van der Waals surface area contributed by atoms with Crippen molar-refractivity contribution in [2.45, 2.75) is 12.1 Å². The predicted octanol–water partition coefficient (Wildman–Crippen LogP) is 0.0629. The first-order valence-electron chi connectivity index (χ1n) is 6.28. The average molecular weight is 247 g/mol. The third-order valence-electron chi connectivity index (χ3n) is 3.53. The third-order valence-corrected chi connectivity index (χ3v) is 3.53. The Morgan fingerprint density at radius 1 is 1.17 bits per heavy atom. The molecular formula is C13H17N3O2. The highest BCUT2D eigenvalue weighted by atomic mass is 16.5. The number of hydrazine groups is 1. The van der Waals surface area contributed by atoms with Gasteiger partial charge >= 0.3 is 0 Å². The maximum atomic E-state index is 12.0. The van der Waals surface area contributed by atoms with E-state index in [4.69, 9.17) is 4.74 Å². The summed E-state index contributed by atoms with van der Waals surface area (Å²) in [7, 11) is 0. The Bertz CT molecular complexity index is 418. The minimum atomic E-state index is -0.142. The summed E-state index contributed by atoms with van der Waals surface area (Å²) in [6.07, 6.45) is 0. The predicted molar refractivity (Wildman–Crippen MR) is 66.6 cm³/mol. The van der Waals surface area contributed by atoms with Gasteiger partial charge in [0, 0.05) is 13.1 Å². The SMILES string of the molecule is O=C1NN[C@H](c2ccccc2)[C@H]1N1CCOCC1. The van der Waals surface area contributed by atoms with Crippen LogP contribution < -0.4 is 10.9 Å². The van der Waals surface area contributed by atoms with Gasteiger partial charge in [0.15, 0.2) is 0 Å². The fourth-order valence-corrected chi connectivity index (χ4v) is 2.61. The Labute approximate surface area is 106 Å². The van der Waals surface area contributed by atoms with Gasteiger partial charge in [0.05, 0.1) is 19.3 Å². The summed E-state index contributed by atoms with van der Waals surface area (Å²) in [6.45, 7) is 3.02. The van der Waals surface area contributed by atoms with Crippen LogP contribution in [0.4, 0.5) is 0 Å². The van der Waals surface area contributed by atoms with E-state index in [9.17, 15) is 4.79 Å². The Kier molecular flexibility index (Phi) is 3.27. The number of ether oxygens (including phenoxy) is 1. The summed E-state index contributed by atoms with van der Waals surface area (Å²) in [5, 5.41) is 0. The molecule has 0 spiro atoms. The second-order valence-electron chi connectivity index (χ2n) is 4.62. The van der Waals surface area contributed by atoms with Crippen LogP contribution in [0.15, 0.2) is 30.3 Å². The lowest BCUT2D eigenvalue weighted by molar-refractivity contribution is -0.125. The molecule has 0 saturated carbocycles. The lowest BCUT2D eigenvalue weighted by Crippen LogP contribution is -2.48. The summed E-state index contributed by atoms with van der Waals surface area (Å²) < 4.78 is 5.34. The van der Waals surface area contributed by atoms with Crippen LogP contribution in [0.2, 0.25) is 0 Å². The normalized spacial score (nSPS) is 29.2. The first kappa shape index (κ1) is 11.6. The fourth-order valence-electron chi connectivity index (χ4n) is 2.61. The molecule has 5 nitrogen and oxygen atoms in total. The molecular weight excluding hydrogens is 230 g/mol. The van der Waals surface area contributed by atoms with Gasteiger partial charge in [-0.15, -0.1) is 0 Å². The number of hydrogen-bond acceptors (Lipinski definition) is 4. The van der Waals surface area contributed by atoms with E-state index in [-0.39, 0.29) is 18.0 Å². The van der Waals surface area contributed by atoms with Crippen molar-refractivity contribution in [1.29, 1.82) is 0 Å². The number of amides is 1. The molecule has 0 unspecified atom stereocenters. The molecule has 96 valence electrons. The van der Waals surface area contributed by atoms with Crippen molar-refractivity contribution >= 4 is 5.91 Å². The van der Waals surface area contributed by atoms with Gasteiger partial charge in [-0.1, -0.05) is 30.3 Å². The molecule has 1 aromatic carbocycles. The zero-order valence-corrected chi connectivity index (χ0v) is 10.1. The van der Waals surface area contributed by atoms with Gasteiger partial charge in [0.25, 0.3) is 5.91 Å². The number of nitrogens with one attached hydrogen (secondary N) is 2. The van der Waals surface area contributed by atoms with Crippen LogP contribution >= 0.6 is 0 Å². The Hall–Kier alpha value is -1.43. The van der Waals surface area contributed by atoms with Crippen molar-refractivity contribution < 1.29 is 9.53 Å². The van der Waals surface area contributed by atoms with Crippen LogP contribution in [0, 0.1) is 0 Å². The monoisotopic (exact) mass is 247 g/mol. The lowest BCUT2D eigenvalue weighted by atomic mass is 9.99. The smallest absolute Gasteiger partial charge is 0.253 e. The van der Waals surface area contributed by atoms with Gasteiger partial charge in [0.1, 0.15) is 6.04 Å². The largest absolute Gasteiger partial charge is 0.379 e. The molecule has 1 aromatic rings. The second kappa shape index (κ2) is 5.06. The van der Waals surface area contributed by atoms with Crippen molar-refractivity contribution in [2.75, 3.05) is 26.3 Å². The molecule has 3 rings (SSSR count). The zero-order valence-electron chi connectivity index (χ0n) is 10.1. The standard InChI is InChI=1S/C13H17N3O2/c17-13-12(16-6-8-18-9-7-16)11(14-15-13)10-4-2-1-3-5-10/h1-5,11-12,14H,6-9H2,(H,15,17)/t11-,12-/m1/s1. The molecule has 2 saturated heterocycles. The number of benzene rings is 1. The van der Waals surface area contributed by atoms with E-state index in [1.165, 1.54) is 0 Å². The summed E-state index contributed by atoms with van der Waals surface area (Å²) in [6, 6.07) is 9.94. The van der Waals surface area contributed by atoms with Gasteiger partial charge in [-0.2, -0.15) is 0 Å². The zero-order chi connectivity index (χ0) is 12.4. The van der Waals surface area contributed by atoms with Crippen molar-refractivity contribution in [3.05, 3.63) is 35.9 Å². The van der Waals surface area contributed by atoms with Gasteiger partial charge in [-0.05, 0) is 5.56 Å². The van der Waals surface area contributed by atoms with Crippen LogP contribution in [-0.2, 0) is 9.53 Å². The first-order chi connectivity index (χ1) is 8.86. The molecule has 2 aliphatic heterocycles. The molecule has 1 amide bonds. The molecule has 18 heavy (non-hydrogen) atoms. The number of hydrogen-bond donors (Lipinski definition) is 2. The van der Waals surface area contributed by atoms with E-state index in [1.807, 2.05) is 30.3 Å². The number of morpholine rings is 1. The molecule has 2 fully saturated rings. The highest BCUT2D eigenvalue weighted by Gasteiger charge is 2.40. The number of rotatable bonds is 2. The van der Waals surface area contributed by atoms with Crippen molar-refractivity contribution in [3.8, 4) is 0 Å². The third kappa shape index (κ3) is 2.12. The van der Waals surface area contributed by atoms with Crippen LogP contribution in [-0.4, -0.2) is 43.2 Å². The quantitative estimate of drug-likeness (QED) is 0.776.